The van der Waals surface area contributed by atoms with Gasteiger partial charge in [0.05, 0.1) is 10.7 Å². The van der Waals surface area contributed by atoms with Crippen molar-refractivity contribution in [3.8, 4) is 11.7 Å². The lowest BCUT2D eigenvalue weighted by Crippen LogP contribution is -2.10. The number of furan rings is 1. The zero-order valence-corrected chi connectivity index (χ0v) is 14.0. The van der Waals surface area contributed by atoms with Gasteiger partial charge in [-0.15, -0.1) is 11.3 Å². The Balaban J connectivity index is 1.71. The van der Waals surface area contributed by atoms with Crippen LogP contribution in [-0.2, 0) is 0 Å². The van der Waals surface area contributed by atoms with E-state index in [1.54, 1.807) is 30.3 Å². The minimum atomic E-state index is -0.382. The van der Waals surface area contributed by atoms with Crippen LogP contribution in [0.4, 0.5) is 5.13 Å². The molecule has 3 rings (SSSR count). The maximum Gasteiger partial charge on any atom is 0.293 e. The first kappa shape index (κ1) is 15.6. The number of aryl methyl sites for hydroxylation is 2. The molecule has 0 aliphatic rings. The molecule has 0 unspecified atom stereocenters. The largest absolute Gasteiger partial charge is 0.424 e. The molecule has 0 aliphatic heterocycles. The summed E-state index contributed by atoms with van der Waals surface area (Å²) < 4.78 is 10.9. The molecule has 0 bridgehead atoms. The van der Waals surface area contributed by atoms with E-state index in [1.807, 2.05) is 13.8 Å². The van der Waals surface area contributed by atoms with E-state index < -0.39 is 0 Å². The molecule has 3 aromatic rings. The second kappa shape index (κ2) is 6.44. The summed E-state index contributed by atoms with van der Waals surface area (Å²) in [6.45, 7) is 3.84. The van der Waals surface area contributed by atoms with Gasteiger partial charge in [-0.1, -0.05) is 23.7 Å². The maximum absolute atomic E-state index is 12.1. The summed E-state index contributed by atoms with van der Waals surface area (Å²) in [6, 6.07) is 10.1. The molecule has 2 aromatic heterocycles. The molecule has 1 N–H and O–H groups in total. The van der Waals surface area contributed by atoms with Crippen molar-refractivity contribution < 1.29 is 13.9 Å². The summed E-state index contributed by atoms with van der Waals surface area (Å²) in [7, 11) is 0. The van der Waals surface area contributed by atoms with Crippen LogP contribution < -0.4 is 10.1 Å². The van der Waals surface area contributed by atoms with E-state index in [4.69, 9.17) is 20.8 Å². The van der Waals surface area contributed by atoms with Gasteiger partial charge in [-0.2, -0.15) is 0 Å². The van der Waals surface area contributed by atoms with Crippen molar-refractivity contribution in [3.63, 3.8) is 0 Å². The average molecular weight is 349 g/mol. The molecule has 0 saturated carbocycles. The zero-order chi connectivity index (χ0) is 16.4. The van der Waals surface area contributed by atoms with Crippen molar-refractivity contribution >= 4 is 34.0 Å². The number of hydrogen-bond acceptors (Lipinski definition) is 5. The molecular weight excluding hydrogens is 336 g/mol. The monoisotopic (exact) mass is 348 g/mol. The fourth-order valence-electron chi connectivity index (χ4n) is 1.82. The number of carbonyl (C=O) groups excluding carboxylic acids is 1. The van der Waals surface area contributed by atoms with E-state index in [1.165, 1.54) is 17.4 Å². The lowest BCUT2D eigenvalue weighted by atomic mass is 10.3. The topological polar surface area (TPSA) is 64.4 Å². The third-order valence-electron chi connectivity index (χ3n) is 3.10. The van der Waals surface area contributed by atoms with Gasteiger partial charge in [0, 0.05) is 10.9 Å². The Bertz CT molecular complexity index is 837. The SMILES string of the molecule is Cc1nc(NC(=O)c2ccc(Oc3ccccc3Cl)o2)sc1C. The van der Waals surface area contributed by atoms with Crippen LogP contribution in [0.3, 0.4) is 0 Å². The summed E-state index contributed by atoms with van der Waals surface area (Å²) in [5, 5.41) is 3.70. The van der Waals surface area contributed by atoms with Crippen LogP contribution in [0.1, 0.15) is 21.1 Å². The van der Waals surface area contributed by atoms with Crippen LogP contribution in [0, 0.1) is 13.8 Å². The molecule has 23 heavy (non-hydrogen) atoms. The molecular formula is C16H13ClN2O3S. The van der Waals surface area contributed by atoms with Crippen LogP contribution in [0.2, 0.25) is 5.02 Å². The highest BCUT2D eigenvalue weighted by atomic mass is 35.5. The molecule has 1 amide bonds. The van der Waals surface area contributed by atoms with E-state index in [2.05, 4.69) is 10.3 Å². The first-order chi connectivity index (χ1) is 11.0. The van der Waals surface area contributed by atoms with Gasteiger partial charge in [-0.3, -0.25) is 10.1 Å². The van der Waals surface area contributed by atoms with E-state index >= 15 is 0 Å². The van der Waals surface area contributed by atoms with E-state index in [0.29, 0.717) is 15.9 Å². The molecule has 118 valence electrons. The summed E-state index contributed by atoms with van der Waals surface area (Å²) in [4.78, 5) is 17.5. The van der Waals surface area contributed by atoms with E-state index in [0.717, 1.165) is 10.6 Å². The summed E-state index contributed by atoms with van der Waals surface area (Å²) >= 11 is 7.43. The lowest BCUT2D eigenvalue weighted by Gasteiger charge is -2.03. The highest BCUT2D eigenvalue weighted by molar-refractivity contribution is 7.15. The van der Waals surface area contributed by atoms with E-state index in [-0.39, 0.29) is 17.6 Å². The second-order valence-corrected chi connectivity index (χ2v) is 6.38. The van der Waals surface area contributed by atoms with Gasteiger partial charge < -0.3 is 9.15 Å². The Morgan fingerprint density at radius 1 is 1.26 bits per heavy atom. The van der Waals surface area contributed by atoms with Crippen molar-refractivity contribution in [1.82, 2.24) is 4.98 Å². The maximum atomic E-state index is 12.1. The number of aromatic nitrogens is 1. The van der Waals surface area contributed by atoms with Gasteiger partial charge in [-0.05, 0) is 32.0 Å². The molecule has 0 saturated heterocycles. The number of amides is 1. The molecule has 5 nitrogen and oxygen atoms in total. The Labute approximate surface area is 141 Å². The van der Waals surface area contributed by atoms with Gasteiger partial charge >= 0.3 is 0 Å². The van der Waals surface area contributed by atoms with Crippen molar-refractivity contribution in [3.05, 3.63) is 57.8 Å². The van der Waals surface area contributed by atoms with Crippen LogP contribution >= 0.6 is 22.9 Å². The predicted octanol–water partition coefficient (Wildman–Crippen LogP) is 5.05. The van der Waals surface area contributed by atoms with Crippen molar-refractivity contribution in [2.75, 3.05) is 5.32 Å². The Morgan fingerprint density at radius 2 is 2.04 bits per heavy atom. The number of anilines is 1. The second-order valence-electron chi connectivity index (χ2n) is 4.77. The molecule has 0 radical (unpaired) electrons. The summed E-state index contributed by atoms with van der Waals surface area (Å²) in [5.41, 5.74) is 0.896. The third kappa shape index (κ3) is 3.55. The molecule has 7 heteroatoms. The number of hydrogen-bond donors (Lipinski definition) is 1. The number of ether oxygens (including phenoxy) is 1. The van der Waals surface area contributed by atoms with Crippen LogP contribution in [0.15, 0.2) is 40.8 Å². The standard InChI is InChI=1S/C16H13ClN2O3S/c1-9-10(2)23-16(18-9)19-15(20)13-7-8-14(22-13)21-12-6-4-3-5-11(12)17/h3-8H,1-2H3,(H,18,19,20). The van der Waals surface area contributed by atoms with Crippen LogP contribution in [-0.4, -0.2) is 10.9 Å². The van der Waals surface area contributed by atoms with Gasteiger partial charge in [-0.25, -0.2) is 4.98 Å². The number of halogens is 1. The van der Waals surface area contributed by atoms with Crippen molar-refractivity contribution in [2.45, 2.75) is 13.8 Å². The molecule has 0 atom stereocenters. The van der Waals surface area contributed by atoms with Gasteiger partial charge in [0.1, 0.15) is 5.75 Å². The molecule has 0 spiro atoms. The number of nitrogens with zero attached hydrogens (tertiary/aromatic N) is 1. The van der Waals surface area contributed by atoms with Crippen LogP contribution in [0.5, 0.6) is 11.7 Å². The van der Waals surface area contributed by atoms with Crippen LogP contribution in [0.25, 0.3) is 0 Å². The number of para-hydroxylation sites is 1. The molecule has 0 aliphatic carbocycles. The quantitative estimate of drug-likeness (QED) is 0.716. The predicted molar refractivity (Wildman–Crippen MR) is 89.8 cm³/mol. The van der Waals surface area contributed by atoms with E-state index in [9.17, 15) is 4.79 Å². The molecule has 2 heterocycles. The minimum absolute atomic E-state index is 0.137. The average Bonchev–Trinajstić information content (AvgIpc) is 3.09. The number of benzene rings is 1. The number of carbonyl (C=O) groups is 1. The highest BCUT2D eigenvalue weighted by Crippen LogP contribution is 2.30. The fraction of sp³-hybridized carbons (Fsp3) is 0.125. The Morgan fingerprint density at radius 3 is 2.74 bits per heavy atom. The molecule has 0 fully saturated rings. The van der Waals surface area contributed by atoms with Gasteiger partial charge in [0.15, 0.2) is 10.9 Å². The Hall–Kier alpha value is -2.31. The number of rotatable bonds is 4. The normalized spacial score (nSPS) is 10.6. The minimum Gasteiger partial charge on any atom is -0.424 e. The third-order valence-corrected chi connectivity index (χ3v) is 4.40. The fourth-order valence-corrected chi connectivity index (χ4v) is 2.80. The zero-order valence-electron chi connectivity index (χ0n) is 12.4. The Kier molecular flexibility index (Phi) is 4.36. The van der Waals surface area contributed by atoms with Gasteiger partial charge in [0.25, 0.3) is 11.9 Å². The lowest BCUT2D eigenvalue weighted by molar-refractivity contribution is 0.0992. The first-order valence-corrected chi connectivity index (χ1v) is 8.00. The first-order valence-electron chi connectivity index (χ1n) is 6.80. The summed E-state index contributed by atoms with van der Waals surface area (Å²) in [6.07, 6.45) is 0. The van der Waals surface area contributed by atoms with Crippen molar-refractivity contribution in [2.24, 2.45) is 0 Å². The van der Waals surface area contributed by atoms with Gasteiger partial charge in [0.2, 0.25) is 0 Å². The molecule has 1 aromatic carbocycles. The highest BCUT2D eigenvalue weighted by Gasteiger charge is 2.15. The summed E-state index contributed by atoms with van der Waals surface area (Å²) in [5.74, 6) is 0.404. The smallest absolute Gasteiger partial charge is 0.293 e. The number of thiazole rings is 1. The number of nitrogens with one attached hydrogen (secondary N) is 1. The van der Waals surface area contributed by atoms with Crippen molar-refractivity contribution in [1.29, 1.82) is 0 Å².